The summed E-state index contributed by atoms with van der Waals surface area (Å²) < 4.78 is 0. The van der Waals surface area contributed by atoms with Gasteiger partial charge in [-0.05, 0) is 48.5 Å². The Morgan fingerprint density at radius 1 is 0.559 bits per heavy atom. The molecule has 4 aromatic heterocycles. The summed E-state index contributed by atoms with van der Waals surface area (Å²) in [4.78, 5) is 16.6. The standard InChI is InChI=1S/2C10H10N4.C3H8.2ClH.Ru/c2*11-7-1-3-13-9(5-7)10-6-8(12)2-4-14-10;1-3-2;;;/h2*1-6H,(H2,11,13)(H2,12,14);3H2,1-2H3;2*1H;/q;;;;;+2/p-2. The predicted molar refractivity (Wildman–Crippen MR) is 140 cm³/mol. The molecule has 0 aromatic carbocycles. The molecule has 11 heteroatoms. The molecule has 0 bridgehead atoms. The molecule has 0 aliphatic rings. The number of hydrogen-bond donors (Lipinski definition) is 4. The van der Waals surface area contributed by atoms with Crippen LogP contribution in [-0.2, 0) is 15.1 Å². The Morgan fingerprint density at radius 2 is 0.735 bits per heavy atom. The Labute approximate surface area is 215 Å². The van der Waals surface area contributed by atoms with E-state index in [2.05, 4.69) is 33.8 Å². The van der Waals surface area contributed by atoms with Crippen molar-refractivity contribution in [2.45, 2.75) is 20.3 Å². The SMILES string of the molecule is CCC.Nc1ccnc(-c2cc(N)ccn2)c1.Nc1ccnc(-c2cc(N)ccn2)c1.[Cl][Ru][Cl]. The minimum absolute atomic E-state index is 0.346. The van der Waals surface area contributed by atoms with Crippen LogP contribution in [0.3, 0.4) is 0 Å². The van der Waals surface area contributed by atoms with E-state index >= 15 is 0 Å². The first-order chi connectivity index (χ1) is 16.3. The van der Waals surface area contributed by atoms with Gasteiger partial charge in [-0.15, -0.1) is 0 Å². The van der Waals surface area contributed by atoms with Crippen molar-refractivity contribution in [3.8, 4) is 22.8 Å². The van der Waals surface area contributed by atoms with Gasteiger partial charge in [0.15, 0.2) is 0 Å². The van der Waals surface area contributed by atoms with Crippen LogP contribution in [0.25, 0.3) is 22.8 Å². The number of hydrogen-bond acceptors (Lipinski definition) is 8. The van der Waals surface area contributed by atoms with Crippen LogP contribution in [0.15, 0.2) is 73.3 Å². The fourth-order valence-corrected chi connectivity index (χ4v) is 2.35. The number of nitrogens with two attached hydrogens (primary N) is 4. The second-order valence-electron chi connectivity index (χ2n) is 6.66. The van der Waals surface area contributed by atoms with Crippen molar-refractivity contribution < 1.29 is 15.1 Å². The van der Waals surface area contributed by atoms with E-state index in [1.165, 1.54) is 6.42 Å². The van der Waals surface area contributed by atoms with Crippen LogP contribution >= 0.6 is 19.4 Å². The molecule has 4 rings (SSSR count). The molecule has 0 unspecified atom stereocenters. The molecule has 8 N–H and O–H groups in total. The summed E-state index contributed by atoms with van der Waals surface area (Å²) in [6, 6.07) is 14.0. The van der Waals surface area contributed by atoms with Crippen molar-refractivity contribution in [2.24, 2.45) is 0 Å². The first-order valence-electron chi connectivity index (χ1n) is 10.1. The van der Waals surface area contributed by atoms with E-state index in [9.17, 15) is 0 Å². The Balaban J connectivity index is 0.000000277. The van der Waals surface area contributed by atoms with E-state index < -0.39 is 0 Å². The summed E-state index contributed by atoms with van der Waals surface area (Å²) in [5.74, 6) is 0. The number of halogens is 2. The van der Waals surface area contributed by atoms with Gasteiger partial charge in [0.1, 0.15) is 0 Å². The topological polar surface area (TPSA) is 156 Å². The molecule has 4 aromatic rings. The third-order valence-corrected chi connectivity index (χ3v) is 3.66. The van der Waals surface area contributed by atoms with Gasteiger partial charge in [0.25, 0.3) is 0 Å². The second kappa shape index (κ2) is 16.6. The number of nitrogen functional groups attached to an aromatic ring is 4. The molecule has 0 atom stereocenters. The van der Waals surface area contributed by atoms with Crippen molar-refractivity contribution in [2.75, 3.05) is 22.9 Å². The molecule has 8 nitrogen and oxygen atoms in total. The molecule has 182 valence electrons. The van der Waals surface area contributed by atoms with E-state index in [1.807, 2.05) is 0 Å². The average molecular weight is 589 g/mol. The summed E-state index contributed by atoms with van der Waals surface area (Å²) >= 11 is -0.346. The zero-order chi connectivity index (χ0) is 25.3. The van der Waals surface area contributed by atoms with Crippen molar-refractivity contribution in [3.63, 3.8) is 0 Å². The van der Waals surface area contributed by atoms with Gasteiger partial charge in [0.2, 0.25) is 0 Å². The van der Waals surface area contributed by atoms with Crippen LogP contribution in [0.5, 0.6) is 0 Å². The summed E-state index contributed by atoms with van der Waals surface area (Å²) in [5, 5.41) is 0. The number of nitrogens with zero attached hydrogens (tertiary/aromatic N) is 4. The molecule has 34 heavy (non-hydrogen) atoms. The first kappa shape index (κ1) is 29.0. The Morgan fingerprint density at radius 3 is 0.882 bits per heavy atom. The van der Waals surface area contributed by atoms with Crippen molar-refractivity contribution >= 4 is 42.1 Å². The fourth-order valence-electron chi connectivity index (χ4n) is 2.35. The predicted octanol–water partition coefficient (Wildman–Crippen LogP) is 5.41. The number of anilines is 4. The van der Waals surface area contributed by atoms with Gasteiger partial charge >= 0.3 is 34.5 Å². The molecule has 4 heterocycles. The molecule has 0 saturated carbocycles. The molecule has 0 saturated heterocycles. The molecular weight excluding hydrogens is 560 g/mol. The molecule has 0 radical (unpaired) electrons. The van der Waals surface area contributed by atoms with Crippen molar-refractivity contribution in [1.29, 1.82) is 0 Å². The first-order valence-corrected chi connectivity index (χ1v) is 14.5. The van der Waals surface area contributed by atoms with E-state index in [0.29, 0.717) is 22.7 Å². The normalized spacial score (nSPS) is 9.41. The van der Waals surface area contributed by atoms with Gasteiger partial charge in [-0.25, -0.2) is 0 Å². The van der Waals surface area contributed by atoms with Crippen LogP contribution in [-0.4, -0.2) is 19.9 Å². The van der Waals surface area contributed by atoms with E-state index in [0.717, 1.165) is 22.8 Å². The van der Waals surface area contributed by atoms with Crippen molar-refractivity contribution in [1.82, 2.24) is 19.9 Å². The third kappa shape index (κ3) is 11.2. The number of rotatable bonds is 2. The zero-order valence-electron chi connectivity index (χ0n) is 18.8. The van der Waals surface area contributed by atoms with Crippen LogP contribution in [0.1, 0.15) is 20.3 Å². The van der Waals surface area contributed by atoms with Crippen molar-refractivity contribution in [3.05, 3.63) is 73.3 Å². The quantitative estimate of drug-likeness (QED) is 0.227. The zero-order valence-corrected chi connectivity index (χ0v) is 22.1. The summed E-state index contributed by atoms with van der Waals surface area (Å²) in [6.07, 6.45) is 7.84. The molecule has 0 amide bonds. The van der Waals surface area contributed by atoms with Gasteiger partial charge < -0.3 is 22.9 Å². The van der Waals surface area contributed by atoms with E-state index in [4.69, 9.17) is 42.3 Å². The number of pyridine rings is 4. The van der Waals surface area contributed by atoms with Crippen LogP contribution in [0, 0.1) is 0 Å². The van der Waals surface area contributed by atoms with Gasteiger partial charge in [-0.3, -0.25) is 19.9 Å². The second-order valence-corrected chi connectivity index (χ2v) is 9.29. The fraction of sp³-hybridized carbons (Fsp3) is 0.130. The van der Waals surface area contributed by atoms with Gasteiger partial charge in [0.05, 0.1) is 22.8 Å². The maximum absolute atomic E-state index is 5.63. The summed E-state index contributed by atoms with van der Waals surface area (Å²) in [7, 11) is 9.71. The third-order valence-electron chi connectivity index (χ3n) is 3.66. The Hall–Kier alpha value is -3.00. The Bertz CT molecular complexity index is 955. The molecular formula is C23H28Cl2N8Ru. The van der Waals surface area contributed by atoms with E-state index in [-0.39, 0.29) is 15.1 Å². The summed E-state index contributed by atoms with van der Waals surface area (Å²) in [6.45, 7) is 4.25. The Kier molecular flexibility index (Phi) is 14.2. The molecule has 0 aliphatic carbocycles. The van der Waals surface area contributed by atoms with Gasteiger partial charge in [-0.1, -0.05) is 20.3 Å². The van der Waals surface area contributed by atoms with Crippen LogP contribution < -0.4 is 22.9 Å². The molecule has 0 spiro atoms. The molecule has 0 fully saturated rings. The number of aromatic nitrogens is 4. The average Bonchev–Trinajstić information content (AvgIpc) is 2.81. The van der Waals surface area contributed by atoms with Crippen LogP contribution in [0.2, 0.25) is 0 Å². The van der Waals surface area contributed by atoms with E-state index in [1.54, 1.807) is 73.3 Å². The van der Waals surface area contributed by atoms with Crippen LogP contribution in [0.4, 0.5) is 22.7 Å². The molecule has 0 aliphatic heterocycles. The summed E-state index contributed by atoms with van der Waals surface area (Å²) in [5.41, 5.74) is 28.1. The van der Waals surface area contributed by atoms with Gasteiger partial charge in [-0.2, -0.15) is 0 Å². The maximum atomic E-state index is 5.63. The minimum atomic E-state index is -0.346. The monoisotopic (exact) mass is 588 g/mol. The van der Waals surface area contributed by atoms with Gasteiger partial charge in [0, 0.05) is 47.5 Å².